The lowest BCUT2D eigenvalue weighted by Crippen LogP contribution is -2.23. The fraction of sp³-hybridized carbons (Fsp3) is 0.867. The van der Waals surface area contributed by atoms with Crippen LogP contribution < -0.4 is 0 Å². The fourth-order valence-corrected chi connectivity index (χ4v) is 6.63. The number of aliphatic hydroxyl groups excluding tert-OH is 1. The zero-order valence-electron chi connectivity index (χ0n) is 35.0. The van der Waals surface area contributed by atoms with Crippen LogP contribution in [0.1, 0.15) is 194 Å². The highest BCUT2D eigenvalue weighted by molar-refractivity contribution is 5.69. The Balaban J connectivity index is 0.00000225. The maximum absolute atomic E-state index is 12.6. The van der Waals surface area contributed by atoms with E-state index in [1.54, 1.807) is 0 Å². The van der Waals surface area contributed by atoms with Crippen molar-refractivity contribution < 1.29 is 19.5 Å². The lowest BCUT2D eigenvalue weighted by atomic mass is 10.0. The van der Waals surface area contributed by atoms with Gasteiger partial charge >= 0.3 is 5.97 Å². The molecule has 0 radical (unpaired) electrons. The summed E-state index contributed by atoms with van der Waals surface area (Å²) in [6.45, 7) is 9.77. The van der Waals surface area contributed by atoms with Crippen molar-refractivity contribution in [3.8, 4) is 0 Å². The average Bonchev–Trinajstić information content (AvgIpc) is 3.67. The molecule has 7 nitrogen and oxygen atoms in total. The number of likely N-dealkylation sites (tertiary alicyclic amines) is 1. The third-order valence-corrected chi connectivity index (χ3v) is 9.92. The molecule has 1 saturated heterocycles. The third-order valence-electron chi connectivity index (χ3n) is 9.92. The van der Waals surface area contributed by atoms with Gasteiger partial charge in [-0.1, -0.05) is 122 Å². The molecule has 0 saturated carbocycles. The first-order chi connectivity index (χ1) is 25.6. The van der Waals surface area contributed by atoms with E-state index < -0.39 is 0 Å². The standard InChI is InChI=1S/C36H69N3O3.C9H18O/c1-4-5-6-7-12-17-24-34-41-38(3)30-21-16-11-9-14-19-27-35(26-18-13-8-10-15-20-29-37-2)42-36(40)28-25-33-39-31-22-23-32-39;1-2-3-4-5-6-7-8-9-10/h17,24,29,35H,4-16,18-23,25-28,30-34H2,1-3H3;7-8,10H,2-6,9H2,1H3/b24-17-,37-29?;8-7-. The van der Waals surface area contributed by atoms with Gasteiger partial charge in [-0.2, -0.15) is 5.06 Å². The largest absolute Gasteiger partial charge is 0.462 e. The number of aliphatic hydroxyl groups is 1. The number of aliphatic imine (C=N–C) groups is 1. The van der Waals surface area contributed by atoms with E-state index >= 15 is 0 Å². The zero-order valence-corrected chi connectivity index (χ0v) is 35.0. The molecule has 0 amide bonds. The van der Waals surface area contributed by atoms with E-state index in [0.717, 1.165) is 58.0 Å². The lowest BCUT2D eigenvalue weighted by molar-refractivity contribution is -0.150. The Morgan fingerprint density at radius 1 is 0.712 bits per heavy atom. The van der Waals surface area contributed by atoms with E-state index in [1.807, 2.05) is 31.4 Å². The summed E-state index contributed by atoms with van der Waals surface area (Å²) in [5, 5.41) is 10.4. The molecular formula is C45H87N3O4. The van der Waals surface area contributed by atoms with E-state index in [0.29, 0.717) is 13.0 Å². The number of esters is 1. The summed E-state index contributed by atoms with van der Waals surface area (Å²) < 4.78 is 6.02. The number of carbonyl (C=O) groups is 1. The first-order valence-electron chi connectivity index (χ1n) is 22.1. The van der Waals surface area contributed by atoms with E-state index in [1.165, 1.54) is 142 Å². The monoisotopic (exact) mass is 734 g/mol. The number of carbonyl (C=O) groups excluding carboxylic acids is 1. The van der Waals surface area contributed by atoms with Crippen molar-refractivity contribution >= 4 is 12.2 Å². The average molecular weight is 734 g/mol. The number of allylic oxidation sites excluding steroid dienone is 2. The SMILES string of the molecule is CCCCCC/C=C\CO.CCCCCC/C=C\CON(C)CCCCCCCCC(CCCCCCCC=NC)OC(=O)CCCN1CCCC1. The molecule has 306 valence electrons. The van der Waals surface area contributed by atoms with Gasteiger partial charge in [0.25, 0.3) is 0 Å². The normalized spacial score (nSPS) is 14.3. The second-order valence-electron chi connectivity index (χ2n) is 14.9. The minimum atomic E-state index is 0.0202. The highest BCUT2D eigenvalue weighted by Gasteiger charge is 2.16. The molecule has 0 aromatic rings. The molecule has 1 aliphatic rings. The van der Waals surface area contributed by atoms with Crippen LogP contribution in [0.4, 0.5) is 0 Å². The number of ether oxygens (including phenoxy) is 1. The van der Waals surface area contributed by atoms with Gasteiger partial charge in [0, 0.05) is 27.1 Å². The van der Waals surface area contributed by atoms with Crippen molar-refractivity contribution in [2.24, 2.45) is 4.99 Å². The molecule has 0 aromatic heterocycles. The number of hydroxylamine groups is 2. The Bertz CT molecular complexity index is 812. The van der Waals surface area contributed by atoms with Gasteiger partial charge in [0.05, 0.1) is 13.2 Å². The van der Waals surface area contributed by atoms with E-state index in [4.69, 9.17) is 14.7 Å². The van der Waals surface area contributed by atoms with Crippen molar-refractivity contribution in [2.45, 2.75) is 200 Å². The molecule has 1 N–H and O–H groups in total. The second-order valence-corrected chi connectivity index (χ2v) is 14.9. The predicted octanol–water partition coefficient (Wildman–Crippen LogP) is 11.8. The van der Waals surface area contributed by atoms with Crippen molar-refractivity contribution in [1.82, 2.24) is 9.96 Å². The Morgan fingerprint density at radius 2 is 1.25 bits per heavy atom. The summed E-state index contributed by atoms with van der Waals surface area (Å²) in [7, 11) is 3.89. The Morgan fingerprint density at radius 3 is 1.85 bits per heavy atom. The van der Waals surface area contributed by atoms with Crippen molar-refractivity contribution in [3.63, 3.8) is 0 Å². The minimum Gasteiger partial charge on any atom is -0.462 e. The number of hydrogen-bond donors (Lipinski definition) is 1. The van der Waals surface area contributed by atoms with Crippen LogP contribution in [-0.4, -0.2) is 86.8 Å². The Labute approximate surface area is 323 Å². The van der Waals surface area contributed by atoms with Gasteiger partial charge in [-0.05, 0) is 116 Å². The first-order valence-corrected chi connectivity index (χ1v) is 22.1. The number of hydrogen-bond acceptors (Lipinski definition) is 7. The van der Waals surface area contributed by atoms with Crippen LogP contribution in [0.3, 0.4) is 0 Å². The van der Waals surface area contributed by atoms with E-state index in [2.05, 4.69) is 42.0 Å². The fourth-order valence-electron chi connectivity index (χ4n) is 6.63. The molecule has 1 fully saturated rings. The smallest absolute Gasteiger partial charge is 0.306 e. The predicted molar refractivity (Wildman–Crippen MR) is 225 cm³/mol. The number of nitrogens with zero attached hydrogens (tertiary/aromatic N) is 3. The highest BCUT2D eigenvalue weighted by Crippen LogP contribution is 2.18. The molecule has 0 spiro atoms. The van der Waals surface area contributed by atoms with Crippen LogP contribution in [0.5, 0.6) is 0 Å². The maximum Gasteiger partial charge on any atom is 0.306 e. The van der Waals surface area contributed by atoms with Crippen LogP contribution in [-0.2, 0) is 14.4 Å². The molecule has 7 heteroatoms. The van der Waals surface area contributed by atoms with Crippen LogP contribution in [0.15, 0.2) is 29.3 Å². The van der Waals surface area contributed by atoms with Gasteiger partial charge in [0.2, 0.25) is 0 Å². The molecule has 1 rings (SSSR count). The van der Waals surface area contributed by atoms with Crippen LogP contribution in [0.25, 0.3) is 0 Å². The minimum absolute atomic E-state index is 0.0202. The van der Waals surface area contributed by atoms with Crippen LogP contribution in [0.2, 0.25) is 0 Å². The van der Waals surface area contributed by atoms with Gasteiger partial charge in [0.15, 0.2) is 0 Å². The van der Waals surface area contributed by atoms with E-state index in [9.17, 15) is 4.79 Å². The highest BCUT2D eigenvalue weighted by atomic mass is 16.7. The quantitative estimate of drug-likeness (QED) is 0.0227. The molecule has 1 aliphatic heterocycles. The van der Waals surface area contributed by atoms with Gasteiger partial charge in [0.1, 0.15) is 6.10 Å². The second kappa shape index (κ2) is 42.2. The van der Waals surface area contributed by atoms with Crippen LogP contribution >= 0.6 is 0 Å². The molecule has 0 aliphatic carbocycles. The summed E-state index contributed by atoms with van der Waals surface area (Å²) in [6, 6.07) is 0. The van der Waals surface area contributed by atoms with Gasteiger partial charge in [-0.3, -0.25) is 9.63 Å². The van der Waals surface area contributed by atoms with Gasteiger partial charge < -0.3 is 19.7 Å². The number of rotatable bonds is 36. The molecule has 1 atom stereocenters. The molecule has 0 bridgehead atoms. The van der Waals surface area contributed by atoms with Crippen molar-refractivity contribution in [2.75, 3.05) is 53.5 Å². The Hall–Kier alpha value is -1.54. The summed E-state index contributed by atoms with van der Waals surface area (Å²) in [5.41, 5.74) is 0. The van der Waals surface area contributed by atoms with Crippen molar-refractivity contribution in [1.29, 1.82) is 0 Å². The summed E-state index contributed by atoms with van der Waals surface area (Å²) in [5.74, 6) is 0.0202. The number of unbranched alkanes of at least 4 members (excludes halogenated alkanes) is 18. The first kappa shape index (κ1) is 50.5. The maximum atomic E-state index is 12.6. The molecule has 1 heterocycles. The topological polar surface area (TPSA) is 74.6 Å². The molecule has 52 heavy (non-hydrogen) atoms. The molecule has 0 aromatic carbocycles. The summed E-state index contributed by atoms with van der Waals surface area (Å²) in [6.07, 6.45) is 44.0. The van der Waals surface area contributed by atoms with Crippen LogP contribution in [0, 0.1) is 0 Å². The van der Waals surface area contributed by atoms with E-state index in [-0.39, 0.29) is 18.7 Å². The summed E-state index contributed by atoms with van der Waals surface area (Å²) >= 11 is 0. The molecule has 1 unspecified atom stereocenters. The van der Waals surface area contributed by atoms with Gasteiger partial charge in [-0.25, -0.2) is 0 Å². The van der Waals surface area contributed by atoms with Crippen molar-refractivity contribution in [3.05, 3.63) is 24.3 Å². The summed E-state index contributed by atoms with van der Waals surface area (Å²) in [4.78, 5) is 24.9. The third kappa shape index (κ3) is 38.2. The Kier molecular flexibility index (Phi) is 41.0. The zero-order chi connectivity index (χ0) is 38.0. The lowest BCUT2D eigenvalue weighted by Gasteiger charge is -2.19. The van der Waals surface area contributed by atoms with Gasteiger partial charge in [-0.15, -0.1) is 0 Å². The molecular weight excluding hydrogens is 647 g/mol.